The Morgan fingerprint density at radius 1 is 1.03 bits per heavy atom. The van der Waals surface area contributed by atoms with E-state index < -0.39 is 6.04 Å². The first-order valence-corrected chi connectivity index (χ1v) is 12.4. The monoisotopic (exact) mass is 500 g/mol. The Bertz CT molecular complexity index is 878. The number of benzene rings is 2. The van der Waals surface area contributed by atoms with Crippen molar-refractivity contribution in [2.24, 2.45) is 0 Å². The maximum atomic E-state index is 13.1. The Hall–Kier alpha value is -1.40. The lowest BCUT2D eigenvalue weighted by Crippen LogP contribution is -2.49. The van der Waals surface area contributed by atoms with E-state index in [1.54, 1.807) is 34.9 Å². The summed E-state index contributed by atoms with van der Waals surface area (Å²) >= 11 is 19.9. The van der Waals surface area contributed by atoms with Gasteiger partial charge in [0.15, 0.2) is 0 Å². The number of rotatable bonds is 11. The van der Waals surface area contributed by atoms with Crippen LogP contribution in [0.15, 0.2) is 47.4 Å². The average Bonchev–Trinajstić information content (AvgIpc) is 2.74. The zero-order chi connectivity index (χ0) is 22.8. The van der Waals surface area contributed by atoms with Crippen LogP contribution < -0.4 is 5.32 Å². The number of amides is 2. The predicted octanol–water partition coefficient (Wildman–Crippen LogP) is 6.46. The molecule has 0 radical (unpaired) electrons. The molecule has 31 heavy (non-hydrogen) atoms. The van der Waals surface area contributed by atoms with Gasteiger partial charge >= 0.3 is 0 Å². The second-order valence-corrected chi connectivity index (χ2v) is 9.43. The number of nitrogens with one attached hydrogen (secondary N) is 1. The van der Waals surface area contributed by atoms with E-state index in [9.17, 15) is 9.59 Å². The highest BCUT2D eigenvalue weighted by atomic mass is 35.5. The Kier molecular flexibility index (Phi) is 11.0. The van der Waals surface area contributed by atoms with Gasteiger partial charge in [-0.1, -0.05) is 47.8 Å². The predicted molar refractivity (Wildman–Crippen MR) is 131 cm³/mol. The van der Waals surface area contributed by atoms with Crippen LogP contribution in [-0.2, 0) is 16.1 Å². The average molecular weight is 502 g/mol. The molecule has 0 spiro atoms. The topological polar surface area (TPSA) is 49.4 Å². The van der Waals surface area contributed by atoms with E-state index in [-0.39, 0.29) is 18.4 Å². The van der Waals surface area contributed by atoms with Crippen molar-refractivity contribution in [2.45, 2.75) is 50.6 Å². The molecule has 1 atom stereocenters. The van der Waals surface area contributed by atoms with Gasteiger partial charge in [-0.05, 0) is 67.5 Å². The number of likely N-dealkylation sites (N-methyl/N-ethyl adjacent to an activating group) is 1. The SMILES string of the molecule is CCNC(=O)C(CC)N(Cc1ccc(Cl)cc1Cl)C(=O)CCCSc1ccc(Cl)cc1. The minimum absolute atomic E-state index is 0.0687. The molecule has 0 fully saturated rings. The van der Waals surface area contributed by atoms with Gasteiger partial charge in [0.05, 0.1) is 0 Å². The lowest BCUT2D eigenvalue weighted by molar-refractivity contribution is -0.141. The third-order valence-corrected chi connectivity index (χ3v) is 6.65. The minimum Gasteiger partial charge on any atom is -0.355 e. The quantitative estimate of drug-likeness (QED) is 0.284. The van der Waals surface area contributed by atoms with Crippen LogP contribution in [0, 0.1) is 0 Å². The first kappa shape index (κ1) is 25.9. The molecule has 1 unspecified atom stereocenters. The Morgan fingerprint density at radius 2 is 1.71 bits per heavy atom. The molecular weight excluding hydrogens is 475 g/mol. The highest BCUT2D eigenvalue weighted by Crippen LogP contribution is 2.25. The molecule has 2 aromatic rings. The summed E-state index contributed by atoms with van der Waals surface area (Å²) in [6, 6.07) is 12.3. The van der Waals surface area contributed by atoms with Gasteiger partial charge in [0.25, 0.3) is 0 Å². The fourth-order valence-corrected chi connectivity index (χ4v) is 4.58. The smallest absolute Gasteiger partial charge is 0.242 e. The third-order valence-electron chi connectivity index (χ3n) is 4.71. The summed E-state index contributed by atoms with van der Waals surface area (Å²) in [5, 5.41) is 4.54. The first-order valence-electron chi connectivity index (χ1n) is 10.2. The molecule has 0 bridgehead atoms. The molecule has 2 aromatic carbocycles. The molecule has 0 heterocycles. The van der Waals surface area contributed by atoms with Crippen LogP contribution in [0.4, 0.5) is 0 Å². The van der Waals surface area contributed by atoms with E-state index in [2.05, 4.69) is 5.32 Å². The van der Waals surface area contributed by atoms with Crippen molar-refractivity contribution in [1.29, 1.82) is 0 Å². The minimum atomic E-state index is -0.553. The highest BCUT2D eigenvalue weighted by Gasteiger charge is 2.28. The van der Waals surface area contributed by atoms with E-state index in [0.717, 1.165) is 16.2 Å². The molecule has 0 saturated heterocycles. The van der Waals surface area contributed by atoms with Gasteiger partial charge in [-0.25, -0.2) is 0 Å². The van der Waals surface area contributed by atoms with E-state index in [1.165, 1.54) is 0 Å². The van der Waals surface area contributed by atoms with E-state index in [4.69, 9.17) is 34.8 Å². The summed E-state index contributed by atoms with van der Waals surface area (Å²) in [5.41, 5.74) is 0.762. The number of nitrogens with zero attached hydrogens (tertiary/aromatic N) is 1. The number of thioether (sulfide) groups is 1. The number of halogens is 3. The lowest BCUT2D eigenvalue weighted by atomic mass is 10.1. The number of carbonyl (C=O) groups is 2. The van der Waals surface area contributed by atoms with Crippen LogP contribution in [0.1, 0.15) is 38.7 Å². The largest absolute Gasteiger partial charge is 0.355 e. The zero-order valence-electron chi connectivity index (χ0n) is 17.7. The van der Waals surface area contributed by atoms with Crippen LogP contribution in [0.2, 0.25) is 15.1 Å². The molecule has 4 nitrogen and oxygen atoms in total. The summed E-state index contributed by atoms with van der Waals surface area (Å²) in [7, 11) is 0. The lowest BCUT2D eigenvalue weighted by Gasteiger charge is -2.31. The van der Waals surface area contributed by atoms with Crippen molar-refractivity contribution in [2.75, 3.05) is 12.3 Å². The Balaban J connectivity index is 2.07. The normalized spacial score (nSPS) is 11.8. The van der Waals surface area contributed by atoms with Crippen molar-refractivity contribution < 1.29 is 9.59 Å². The number of hydrogen-bond acceptors (Lipinski definition) is 3. The Labute approximate surface area is 203 Å². The molecule has 0 aliphatic carbocycles. The first-order chi connectivity index (χ1) is 14.8. The molecule has 0 aromatic heterocycles. The zero-order valence-corrected chi connectivity index (χ0v) is 20.8. The summed E-state index contributed by atoms with van der Waals surface area (Å²) in [6.45, 7) is 4.53. The second-order valence-electron chi connectivity index (χ2n) is 6.98. The van der Waals surface area contributed by atoms with Gasteiger partial charge in [-0.3, -0.25) is 9.59 Å². The van der Waals surface area contributed by atoms with Gasteiger partial charge in [0.1, 0.15) is 6.04 Å². The van der Waals surface area contributed by atoms with Crippen molar-refractivity contribution in [1.82, 2.24) is 10.2 Å². The molecule has 0 aliphatic rings. The molecule has 1 N–H and O–H groups in total. The van der Waals surface area contributed by atoms with Crippen LogP contribution >= 0.6 is 46.6 Å². The molecule has 0 saturated carbocycles. The van der Waals surface area contributed by atoms with Gasteiger partial charge in [-0.2, -0.15) is 0 Å². The standard InChI is InChI=1S/C23H27Cl3N2O2S/c1-3-21(23(30)27-4-2)28(15-16-7-8-18(25)14-20(16)26)22(29)6-5-13-31-19-11-9-17(24)10-12-19/h7-12,14,21H,3-6,13,15H2,1-2H3,(H,27,30). The van der Waals surface area contributed by atoms with E-state index in [0.29, 0.717) is 40.9 Å². The van der Waals surface area contributed by atoms with E-state index >= 15 is 0 Å². The van der Waals surface area contributed by atoms with Crippen LogP contribution in [0.25, 0.3) is 0 Å². The van der Waals surface area contributed by atoms with Crippen LogP contribution in [-0.4, -0.2) is 35.1 Å². The molecular formula is C23H27Cl3N2O2S. The fraction of sp³-hybridized carbons (Fsp3) is 0.391. The van der Waals surface area contributed by atoms with Gasteiger partial charge < -0.3 is 10.2 Å². The fourth-order valence-electron chi connectivity index (χ4n) is 3.13. The van der Waals surface area contributed by atoms with Crippen molar-refractivity contribution in [3.8, 4) is 0 Å². The molecule has 0 aliphatic heterocycles. The number of hydrogen-bond donors (Lipinski definition) is 1. The summed E-state index contributed by atoms with van der Waals surface area (Å²) in [6.07, 6.45) is 1.56. The Morgan fingerprint density at radius 3 is 2.32 bits per heavy atom. The summed E-state index contributed by atoms with van der Waals surface area (Å²) in [5.74, 6) is 0.570. The second kappa shape index (κ2) is 13.2. The molecule has 2 amide bonds. The molecule has 2 rings (SSSR count). The molecule has 168 valence electrons. The number of carbonyl (C=O) groups excluding carboxylic acids is 2. The van der Waals surface area contributed by atoms with Gasteiger partial charge in [0.2, 0.25) is 11.8 Å². The van der Waals surface area contributed by atoms with E-state index in [1.807, 2.05) is 38.1 Å². The van der Waals surface area contributed by atoms with Crippen LogP contribution in [0.3, 0.4) is 0 Å². The van der Waals surface area contributed by atoms with Gasteiger partial charge in [-0.15, -0.1) is 11.8 Å². The van der Waals surface area contributed by atoms with Crippen molar-refractivity contribution in [3.05, 3.63) is 63.1 Å². The van der Waals surface area contributed by atoms with Crippen molar-refractivity contribution >= 4 is 58.4 Å². The summed E-state index contributed by atoms with van der Waals surface area (Å²) in [4.78, 5) is 28.5. The maximum absolute atomic E-state index is 13.1. The van der Waals surface area contributed by atoms with Crippen molar-refractivity contribution in [3.63, 3.8) is 0 Å². The molecule has 8 heteroatoms. The highest BCUT2D eigenvalue weighted by molar-refractivity contribution is 7.99. The van der Waals surface area contributed by atoms with Gasteiger partial charge in [0, 0.05) is 39.5 Å². The third kappa shape index (κ3) is 8.23. The summed E-state index contributed by atoms with van der Waals surface area (Å²) < 4.78 is 0. The maximum Gasteiger partial charge on any atom is 0.242 e. The van der Waals surface area contributed by atoms with Crippen LogP contribution in [0.5, 0.6) is 0 Å².